The molecule has 2 N–H and O–H groups in total. The third kappa shape index (κ3) is 5.72. The van der Waals surface area contributed by atoms with Crippen LogP contribution in [0.4, 0.5) is 11.4 Å². The summed E-state index contributed by atoms with van der Waals surface area (Å²) in [5.41, 5.74) is 3.20. The molecule has 6 heteroatoms. The first kappa shape index (κ1) is 17.5. The number of non-ortho nitro benzene ring substituents is 1. The first-order chi connectivity index (χ1) is 11.5. The molecule has 0 aliphatic carbocycles. The lowest BCUT2D eigenvalue weighted by Crippen LogP contribution is -2.28. The monoisotopic (exact) mass is 327 g/mol. The van der Waals surface area contributed by atoms with Crippen LogP contribution in [0.1, 0.15) is 17.5 Å². The van der Waals surface area contributed by atoms with E-state index in [1.165, 1.54) is 17.7 Å². The van der Waals surface area contributed by atoms with Crippen LogP contribution < -0.4 is 10.6 Å². The van der Waals surface area contributed by atoms with Gasteiger partial charge in [0.2, 0.25) is 5.91 Å². The van der Waals surface area contributed by atoms with Gasteiger partial charge in [0.1, 0.15) is 0 Å². The summed E-state index contributed by atoms with van der Waals surface area (Å²) in [5.74, 6) is 0.0157. The SMILES string of the molecule is Cc1cccc(CCC(=O)NCCNc2ccc([N+](=O)[O-])cc2)c1. The van der Waals surface area contributed by atoms with Gasteiger partial charge in [-0.2, -0.15) is 0 Å². The number of hydrogen-bond acceptors (Lipinski definition) is 4. The molecule has 0 aliphatic rings. The summed E-state index contributed by atoms with van der Waals surface area (Å²) in [6.07, 6.45) is 1.18. The maximum absolute atomic E-state index is 11.8. The van der Waals surface area contributed by atoms with Crippen LogP contribution in [0.5, 0.6) is 0 Å². The van der Waals surface area contributed by atoms with Gasteiger partial charge in [-0.25, -0.2) is 0 Å². The van der Waals surface area contributed by atoms with Gasteiger partial charge in [-0.1, -0.05) is 29.8 Å². The number of rotatable bonds is 8. The Labute approximate surface area is 141 Å². The van der Waals surface area contributed by atoms with E-state index in [-0.39, 0.29) is 11.6 Å². The van der Waals surface area contributed by atoms with Crippen LogP contribution in [-0.4, -0.2) is 23.9 Å². The number of benzene rings is 2. The molecule has 0 saturated carbocycles. The summed E-state index contributed by atoms with van der Waals surface area (Å²) in [6.45, 7) is 3.10. The van der Waals surface area contributed by atoms with Gasteiger partial charge >= 0.3 is 0 Å². The molecule has 2 aromatic rings. The molecule has 0 radical (unpaired) electrons. The third-order valence-electron chi connectivity index (χ3n) is 3.58. The van der Waals surface area contributed by atoms with Crippen molar-refractivity contribution in [3.05, 3.63) is 69.8 Å². The number of nitrogens with zero attached hydrogens (tertiary/aromatic N) is 1. The standard InChI is InChI=1S/C18H21N3O3/c1-14-3-2-4-15(13-14)5-10-18(22)20-12-11-19-16-6-8-17(9-7-16)21(23)24/h2-4,6-9,13,19H,5,10-12H2,1H3,(H,20,22). The fourth-order valence-corrected chi connectivity index (χ4v) is 2.32. The van der Waals surface area contributed by atoms with Crippen LogP contribution in [0, 0.1) is 17.0 Å². The second-order valence-corrected chi connectivity index (χ2v) is 5.57. The highest BCUT2D eigenvalue weighted by Crippen LogP contribution is 2.14. The van der Waals surface area contributed by atoms with Gasteiger partial charge in [-0.3, -0.25) is 14.9 Å². The number of amides is 1. The number of nitro benzene ring substituents is 1. The van der Waals surface area contributed by atoms with Crippen LogP contribution in [0.3, 0.4) is 0 Å². The summed E-state index contributed by atoms with van der Waals surface area (Å²) in [7, 11) is 0. The summed E-state index contributed by atoms with van der Waals surface area (Å²) in [4.78, 5) is 22.0. The molecule has 0 saturated heterocycles. The van der Waals surface area contributed by atoms with Crippen molar-refractivity contribution in [2.45, 2.75) is 19.8 Å². The Balaban J connectivity index is 1.64. The van der Waals surface area contributed by atoms with E-state index < -0.39 is 4.92 Å². The van der Waals surface area contributed by atoms with Gasteiger partial charge in [-0.15, -0.1) is 0 Å². The summed E-state index contributed by atoms with van der Waals surface area (Å²) < 4.78 is 0. The second kappa shape index (κ2) is 8.67. The normalized spacial score (nSPS) is 10.2. The average molecular weight is 327 g/mol. The highest BCUT2D eigenvalue weighted by atomic mass is 16.6. The maximum atomic E-state index is 11.8. The molecular weight excluding hydrogens is 306 g/mol. The molecular formula is C18H21N3O3. The second-order valence-electron chi connectivity index (χ2n) is 5.57. The zero-order valence-electron chi connectivity index (χ0n) is 13.6. The Bertz CT molecular complexity index is 699. The van der Waals surface area contributed by atoms with E-state index >= 15 is 0 Å². The zero-order valence-corrected chi connectivity index (χ0v) is 13.6. The largest absolute Gasteiger partial charge is 0.383 e. The Hall–Kier alpha value is -2.89. The molecule has 126 valence electrons. The minimum atomic E-state index is -0.432. The fourth-order valence-electron chi connectivity index (χ4n) is 2.32. The van der Waals surface area contributed by atoms with Gasteiger partial charge < -0.3 is 10.6 Å². The molecule has 0 atom stereocenters. The Morgan fingerprint density at radius 2 is 1.88 bits per heavy atom. The molecule has 24 heavy (non-hydrogen) atoms. The zero-order chi connectivity index (χ0) is 17.4. The van der Waals surface area contributed by atoms with E-state index in [2.05, 4.69) is 16.7 Å². The van der Waals surface area contributed by atoms with E-state index in [0.29, 0.717) is 19.5 Å². The number of nitrogens with one attached hydrogen (secondary N) is 2. The van der Waals surface area contributed by atoms with Crippen molar-refractivity contribution in [1.82, 2.24) is 5.32 Å². The van der Waals surface area contributed by atoms with Crippen molar-refractivity contribution in [3.63, 3.8) is 0 Å². The van der Waals surface area contributed by atoms with Crippen molar-refractivity contribution in [3.8, 4) is 0 Å². The number of hydrogen-bond donors (Lipinski definition) is 2. The Morgan fingerprint density at radius 1 is 1.12 bits per heavy atom. The molecule has 6 nitrogen and oxygen atoms in total. The first-order valence-electron chi connectivity index (χ1n) is 7.85. The Kier molecular flexibility index (Phi) is 6.31. The van der Waals surface area contributed by atoms with Gasteiger partial charge in [0, 0.05) is 37.3 Å². The van der Waals surface area contributed by atoms with Crippen molar-refractivity contribution < 1.29 is 9.72 Å². The van der Waals surface area contributed by atoms with Crippen molar-refractivity contribution in [2.75, 3.05) is 18.4 Å². The lowest BCUT2D eigenvalue weighted by molar-refractivity contribution is -0.384. The van der Waals surface area contributed by atoms with Crippen molar-refractivity contribution in [2.24, 2.45) is 0 Å². The molecule has 2 rings (SSSR count). The molecule has 0 spiro atoms. The van der Waals surface area contributed by atoms with Gasteiger partial charge in [0.05, 0.1) is 4.92 Å². The van der Waals surface area contributed by atoms with Crippen molar-refractivity contribution in [1.29, 1.82) is 0 Å². The predicted molar refractivity (Wildman–Crippen MR) is 94.1 cm³/mol. The minimum absolute atomic E-state index is 0.0157. The molecule has 2 aromatic carbocycles. The average Bonchev–Trinajstić information content (AvgIpc) is 2.57. The molecule has 0 unspecified atom stereocenters. The van der Waals surface area contributed by atoms with E-state index in [9.17, 15) is 14.9 Å². The third-order valence-corrected chi connectivity index (χ3v) is 3.58. The number of carbonyl (C=O) groups excluding carboxylic acids is 1. The summed E-state index contributed by atoms with van der Waals surface area (Å²) in [6, 6.07) is 14.3. The highest BCUT2D eigenvalue weighted by molar-refractivity contribution is 5.76. The van der Waals surface area contributed by atoms with E-state index in [0.717, 1.165) is 17.7 Å². The van der Waals surface area contributed by atoms with Crippen LogP contribution in [0.2, 0.25) is 0 Å². The Morgan fingerprint density at radius 3 is 2.54 bits per heavy atom. The van der Waals surface area contributed by atoms with E-state index in [4.69, 9.17) is 0 Å². The maximum Gasteiger partial charge on any atom is 0.269 e. The van der Waals surface area contributed by atoms with E-state index in [1.807, 2.05) is 25.1 Å². The molecule has 0 aliphatic heterocycles. The number of anilines is 1. The minimum Gasteiger partial charge on any atom is -0.383 e. The molecule has 0 heterocycles. The smallest absolute Gasteiger partial charge is 0.269 e. The first-order valence-corrected chi connectivity index (χ1v) is 7.85. The molecule has 0 fully saturated rings. The van der Waals surface area contributed by atoms with Crippen LogP contribution in [-0.2, 0) is 11.2 Å². The van der Waals surface area contributed by atoms with Crippen molar-refractivity contribution >= 4 is 17.3 Å². The summed E-state index contributed by atoms with van der Waals surface area (Å²) >= 11 is 0. The van der Waals surface area contributed by atoms with Gasteiger partial charge in [0.25, 0.3) is 5.69 Å². The summed E-state index contributed by atoms with van der Waals surface area (Å²) in [5, 5.41) is 16.5. The van der Waals surface area contributed by atoms with E-state index in [1.54, 1.807) is 12.1 Å². The quantitative estimate of drug-likeness (QED) is 0.443. The number of nitro groups is 1. The van der Waals surface area contributed by atoms with Crippen LogP contribution in [0.25, 0.3) is 0 Å². The molecule has 0 aromatic heterocycles. The molecule has 0 bridgehead atoms. The van der Waals surface area contributed by atoms with Crippen LogP contribution >= 0.6 is 0 Å². The van der Waals surface area contributed by atoms with Gasteiger partial charge in [-0.05, 0) is 31.0 Å². The predicted octanol–water partition coefficient (Wildman–Crippen LogP) is 3.06. The number of aryl methyl sites for hydroxylation is 2. The highest BCUT2D eigenvalue weighted by Gasteiger charge is 2.04. The lowest BCUT2D eigenvalue weighted by atomic mass is 10.1. The number of carbonyl (C=O) groups is 1. The van der Waals surface area contributed by atoms with Crippen LogP contribution in [0.15, 0.2) is 48.5 Å². The lowest BCUT2D eigenvalue weighted by Gasteiger charge is -2.08. The molecule has 1 amide bonds. The van der Waals surface area contributed by atoms with Gasteiger partial charge in [0.15, 0.2) is 0 Å². The fraction of sp³-hybridized carbons (Fsp3) is 0.278. The topological polar surface area (TPSA) is 84.3 Å².